The van der Waals surface area contributed by atoms with E-state index in [4.69, 9.17) is 27.6 Å². The highest BCUT2D eigenvalue weighted by Crippen LogP contribution is 2.60. The van der Waals surface area contributed by atoms with Gasteiger partial charge in [-0.3, -0.25) is 27.2 Å². The van der Waals surface area contributed by atoms with Crippen LogP contribution >= 0.6 is 38.1 Å². The molecule has 3 N–H and O–H groups in total. The first kappa shape index (κ1) is 32.4. The van der Waals surface area contributed by atoms with Gasteiger partial charge in [-0.25, -0.2) is 47.8 Å². The number of alkyl halides is 2. The number of rotatable bonds is 0. The second-order valence-corrected chi connectivity index (χ2v) is 17.7. The number of thiol groups is 2. The van der Waals surface area contributed by atoms with Crippen LogP contribution in [0.1, 0.15) is 12.5 Å². The van der Waals surface area contributed by atoms with Gasteiger partial charge in [-0.2, -0.15) is 0 Å². The Morgan fingerprint density at radius 3 is 1.61 bits per heavy atom. The van der Waals surface area contributed by atoms with Crippen LogP contribution in [0.2, 0.25) is 0 Å². The minimum atomic E-state index is -4.39. The number of halogens is 2. The summed E-state index contributed by atoms with van der Waals surface area (Å²) in [5, 5.41) is 9.89. The van der Waals surface area contributed by atoms with Crippen molar-refractivity contribution in [3.63, 3.8) is 0 Å². The maximum absolute atomic E-state index is 16.3. The van der Waals surface area contributed by atoms with Crippen molar-refractivity contribution in [2.24, 2.45) is 0 Å². The normalized spacial score (nSPS) is 40.8. The van der Waals surface area contributed by atoms with Crippen molar-refractivity contribution in [3.05, 3.63) is 25.3 Å². The van der Waals surface area contributed by atoms with E-state index in [1.807, 2.05) is 0 Å². The van der Waals surface area contributed by atoms with E-state index in [-0.39, 0.29) is 23.4 Å². The Hall–Kier alpha value is -2.56. The van der Waals surface area contributed by atoms with Crippen LogP contribution in [0.15, 0.2) is 25.3 Å². The molecule has 25 heteroatoms. The van der Waals surface area contributed by atoms with Gasteiger partial charge in [0.05, 0.1) is 25.9 Å². The molecule has 4 saturated heterocycles. The summed E-state index contributed by atoms with van der Waals surface area (Å²) >= 11 is 8.12. The summed E-state index contributed by atoms with van der Waals surface area (Å²) in [5.41, 5.74) is 1.14. The summed E-state index contributed by atoms with van der Waals surface area (Å²) in [5.74, 6) is 0.813. The number of nitrogens with zero attached hydrogens (tertiary/aromatic N) is 8. The number of nitrogens with one attached hydrogen (secondary N) is 3. The topological polar surface area (TPSA) is 223 Å². The highest BCUT2D eigenvalue weighted by atomic mass is 32.7. The maximum Gasteiger partial charge on any atom is 0.386 e. The fourth-order valence-corrected chi connectivity index (χ4v) is 9.39. The Kier molecular flexibility index (Phi) is 7.93. The van der Waals surface area contributed by atoms with Crippen molar-refractivity contribution in [1.82, 2.24) is 44.4 Å². The highest BCUT2D eigenvalue weighted by molar-refractivity contribution is 8.44. The number of imidazole rings is 2. The molecule has 0 amide bonds. The molecule has 10 heterocycles. The predicted molar refractivity (Wildman–Crippen MR) is 171 cm³/mol. The predicted octanol–water partition coefficient (Wildman–Crippen LogP) is 2.21. The van der Waals surface area contributed by atoms with Crippen LogP contribution in [0.25, 0.3) is 22.3 Å². The fraction of sp³-hybridized carbons (Fsp3) is 0.583. The van der Waals surface area contributed by atoms with Crippen LogP contribution < -0.4 is 16.0 Å². The summed E-state index contributed by atoms with van der Waals surface area (Å²) in [6.45, 7) is -9.08. The van der Waals surface area contributed by atoms with Crippen LogP contribution in [-0.2, 0) is 36.7 Å². The number of ether oxygens (including phenoxy) is 2. The summed E-state index contributed by atoms with van der Waals surface area (Å²) in [4.78, 5) is 26.0. The van der Waals surface area contributed by atoms with E-state index in [0.717, 1.165) is 0 Å². The Bertz CT molecular complexity index is 1890. The van der Waals surface area contributed by atoms with Crippen LogP contribution in [-0.4, -0.2) is 114 Å². The second-order valence-electron chi connectivity index (χ2n) is 11.9. The summed E-state index contributed by atoms with van der Waals surface area (Å²) in [6.07, 6.45) is -7.49. The molecule has 262 valence electrons. The van der Waals surface area contributed by atoms with Crippen molar-refractivity contribution < 1.29 is 45.5 Å². The van der Waals surface area contributed by atoms with Crippen molar-refractivity contribution in [2.75, 3.05) is 36.9 Å². The van der Waals surface area contributed by atoms with Crippen LogP contribution in [0.5, 0.6) is 0 Å². The second kappa shape index (κ2) is 12.0. The maximum atomic E-state index is 16.3. The zero-order valence-corrected chi connectivity index (χ0v) is 28.4. The molecule has 4 aromatic heterocycles. The van der Waals surface area contributed by atoms with Crippen LogP contribution in [0.4, 0.5) is 20.4 Å². The average Bonchev–Trinajstić information content (AvgIpc) is 3.34. The summed E-state index contributed by atoms with van der Waals surface area (Å²) in [7, 11) is 0. The molecule has 0 radical (unpaired) electrons. The molecule has 12 atom stereocenters. The van der Waals surface area contributed by atoms with Gasteiger partial charge < -0.3 is 25.4 Å². The summed E-state index contributed by atoms with van der Waals surface area (Å²) < 4.78 is 96.4. The van der Waals surface area contributed by atoms with Gasteiger partial charge >= 0.3 is 13.6 Å². The van der Waals surface area contributed by atoms with Gasteiger partial charge in [-0.05, 0) is 0 Å². The Labute approximate surface area is 284 Å². The molecule has 0 aliphatic carbocycles. The molecular weight excluding hydrogens is 734 g/mol. The molecule has 6 aliphatic rings. The van der Waals surface area contributed by atoms with E-state index in [9.17, 15) is 9.13 Å². The zero-order valence-electron chi connectivity index (χ0n) is 24.8. The monoisotopic (exact) mass is 761 g/mol. The number of fused-ring (bicyclic) bond motifs is 8. The SMILES string of the molecule is O=[P@]1(S)OCC2OC3[C@H](F)[C@@H]2O[P@](=O)(S)OC[C@H]2OC([C@H](F)[C@@H]2O1)n1cnc2c(ncnc21)NCC1NC1CNc1ncnc2c1ncn23. The number of anilines is 2. The van der Waals surface area contributed by atoms with Gasteiger partial charge in [0.15, 0.2) is 58.8 Å². The minimum absolute atomic E-state index is 0.0626. The molecule has 0 saturated carbocycles. The molecule has 14 bridgehead atoms. The van der Waals surface area contributed by atoms with Gasteiger partial charge in [0.1, 0.15) is 37.1 Å². The van der Waals surface area contributed by atoms with Gasteiger partial charge in [-0.1, -0.05) is 24.5 Å². The standard InChI is InChI=1S/C24H27F2N11O8P2S2/c25-13-17-11-3-40-47(39,49)45-18-12(4-41-46(38,48)44-17)43-24(14(18)26)37-8-34-16-20(30-6-32-22(16)37)28-2-10-9(35-10)1-27-19-15-21(31-5-29-19)36(7-33-15)23(13)42-11/h5-14,17-18,23-24,35H,1-4H2,(H,38,48)(H,39,49)(H,27,29,31)(H,28,30,32)/t9?,10?,11-,12?,13-,14-,17-,18-,23?,24?,46+,47-/m1/s1. The Balaban J connectivity index is 1.12. The van der Waals surface area contributed by atoms with Crippen LogP contribution in [0.3, 0.4) is 0 Å². The molecule has 4 fully saturated rings. The van der Waals surface area contributed by atoms with E-state index < -0.39 is 76.0 Å². The third kappa shape index (κ3) is 5.81. The van der Waals surface area contributed by atoms with Gasteiger partial charge in [0.25, 0.3) is 0 Å². The minimum Gasteiger partial charge on any atom is -0.366 e. The lowest BCUT2D eigenvalue weighted by Gasteiger charge is -2.28. The largest absolute Gasteiger partial charge is 0.386 e. The zero-order chi connectivity index (χ0) is 33.7. The van der Waals surface area contributed by atoms with Gasteiger partial charge in [-0.15, -0.1) is 0 Å². The number of aromatic nitrogens is 8. The lowest BCUT2D eigenvalue weighted by atomic mass is 10.1. The molecule has 10 rings (SSSR count). The van der Waals surface area contributed by atoms with E-state index in [2.05, 4.69) is 70.4 Å². The number of hydrogen-bond donors (Lipinski definition) is 5. The molecule has 4 aromatic rings. The van der Waals surface area contributed by atoms with Gasteiger partial charge in [0, 0.05) is 25.2 Å². The van der Waals surface area contributed by atoms with Crippen molar-refractivity contribution in [2.45, 2.75) is 61.3 Å². The van der Waals surface area contributed by atoms with E-state index >= 15 is 8.78 Å². The molecular formula is C24H27F2N11O8P2S2. The fourth-order valence-electron chi connectivity index (χ4n) is 6.43. The first-order valence-electron chi connectivity index (χ1n) is 15.0. The van der Waals surface area contributed by atoms with E-state index in [0.29, 0.717) is 35.8 Å². The van der Waals surface area contributed by atoms with Crippen molar-refractivity contribution in [3.8, 4) is 0 Å². The molecule has 19 nitrogen and oxygen atoms in total. The first-order chi connectivity index (χ1) is 23.6. The molecule has 0 aromatic carbocycles. The third-order valence-corrected chi connectivity index (χ3v) is 12.1. The van der Waals surface area contributed by atoms with Crippen molar-refractivity contribution >= 4 is 72.1 Å². The first-order valence-corrected chi connectivity index (χ1v) is 20.4. The lowest BCUT2D eigenvalue weighted by molar-refractivity contribution is -0.0544. The number of hydrogen-bond acceptors (Lipinski definition) is 17. The highest BCUT2D eigenvalue weighted by Gasteiger charge is 2.54. The molecule has 49 heavy (non-hydrogen) atoms. The van der Waals surface area contributed by atoms with E-state index in [1.54, 1.807) is 0 Å². The molecule has 0 spiro atoms. The molecule has 5 unspecified atom stereocenters. The smallest absolute Gasteiger partial charge is 0.366 e. The summed E-state index contributed by atoms with van der Waals surface area (Å²) in [6, 6.07) is 0.125. The van der Waals surface area contributed by atoms with Gasteiger partial charge in [0.2, 0.25) is 0 Å². The quantitative estimate of drug-likeness (QED) is 0.0984. The third-order valence-electron chi connectivity index (χ3n) is 8.90. The van der Waals surface area contributed by atoms with Crippen LogP contribution in [0, 0.1) is 0 Å². The lowest BCUT2D eigenvalue weighted by Crippen LogP contribution is -2.36. The molecule has 6 aliphatic heterocycles. The Morgan fingerprint density at radius 2 is 1.16 bits per heavy atom. The Morgan fingerprint density at radius 1 is 0.714 bits per heavy atom. The van der Waals surface area contributed by atoms with Crippen molar-refractivity contribution in [1.29, 1.82) is 0 Å². The average molecular weight is 762 g/mol. The van der Waals surface area contributed by atoms with E-state index in [1.165, 1.54) is 34.4 Å².